The SMILES string of the molecule is CCOc1cccc(C(=O)Nc2ccc3oc(-c4cccnc4)nc3c2)c1. The summed E-state index contributed by atoms with van der Waals surface area (Å²) >= 11 is 0. The van der Waals surface area contributed by atoms with Gasteiger partial charge in [-0.25, -0.2) is 4.98 Å². The van der Waals surface area contributed by atoms with Gasteiger partial charge in [0.2, 0.25) is 5.89 Å². The van der Waals surface area contributed by atoms with Crippen molar-refractivity contribution < 1.29 is 13.9 Å². The monoisotopic (exact) mass is 359 g/mol. The van der Waals surface area contributed by atoms with Gasteiger partial charge in [0.1, 0.15) is 11.3 Å². The first kappa shape index (κ1) is 16.8. The van der Waals surface area contributed by atoms with Crippen molar-refractivity contribution in [2.24, 2.45) is 0 Å². The van der Waals surface area contributed by atoms with E-state index < -0.39 is 0 Å². The highest BCUT2D eigenvalue weighted by atomic mass is 16.5. The third-order valence-corrected chi connectivity index (χ3v) is 3.96. The van der Waals surface area contributed by atoms with E-state index in [1.54, 1.807) is 48.8 Å². The van der Waals surface area contributed by atoms with Gasteiger partial charge in [0.15, 0.2) is 5.58 Å². The van der Waals surface area contributed by atoms with Crippen molar-refractivity contribution in [3.05, 3.63) is 72.6 Å². The molecular weight excluding hydrogens is 342 g/mol. The highest BCUT2D eigenvalue weighted by Crippen LogP contribution is 2.26. The summed E-state index contributed by atoms with van der Waals surface area (Å²) in [5, 5.41) is 2.88. The zero-order valence-electron chi connectivity index (χ0n) is 14.7. The summed E-state index contributed by atoms with van der Waals surface area (Å²) in [6.07, 6.45) is 3.39. The summed E-state index contributed by atoms with van der Waals surface area (Å²) < 4.78 is 11.2. The van der Waals surface area contributed by atoms with Crippen molar-refractivity contribution in [2.45, 2.75) is 6.92 Å². The molecule has 2 aromatic heterocycles. The summed E-state index contributed by atoms with van der Waals surface area (Å²) in [5.74, 6) is 0.941. The number of anilines is 1. The van der Waals surface area contributed by atoms with Crippen molar-refractivity contribution in [1.29, 1.82) is 0 Å². The first-order valence-electron chi connectivity index (χ1n) is 8.58. The van der Waals surface area contributed by atoms with Gasteiger partial charge in [0.25, 0.3) is 5.91 Å². The smallest absolute Gasteiger partial charge is 0.255 e. The standard InChI is InChI=1S/C21H17N3O3/c1-2-26-17-7-3-5-14(11-17)20(25)23-16-8-9-19-18(12-16)24-21(27-19)15-6-4-10-22-13-15/h3-13H,2H2,1H3,(H,23,25). The number of pyridine rings is 1. The number of ether oxygens (including phenoxy) is 1. The molecule has 2 heterocycles. The molecular formula is C21H17N3O3. The number of aromatic nitrogens is 2. The van der Waals surface area contributed by atoms with Gasteiger partial charge in [0.05, 0.1) is 12.2 Å². The van der Waals surface area contributed by atoms with Crippen LogP contribution in [0.15, 0.2) is 71.4 Å². The Hall–Kier alpha value is -3.67. The fourth-order valence-corrected chi connectivity index (χ4v) is 2.71. The summed E-state index contributed by atoms with van der Waals surface area (Å²) in [4.78, 5) is 21.1. The summed E-state index contributed by atoms with van der Waals surface area (Å²) in [5.41, 5.74) is 3.27. The molecule has 0 saturated carbocycles. The number of nitrogens with one attached hydrogen (secondary N) is 1. The highest BCUT2D eigenvalue weighted by Gasteiger charge is 2.11. The van der Waals surface area contributed by atoms with Crippen LogP contribution in [0.4, 0.5) is 5.69 Å². The first-order valence-corrected chi connectivity index (χ1v) is 8.58. The van der Waals surface area contributed by atoms with Crippen molar-refractivity contribution in [3.63, 3.8) is 0 Å². The van der Waals surface area contributed by atoms with Crippen LogP contribution in [0.1, 0.15) is 17.3 Å². The molecule has 0 aliphatic carbocycles. The minimum Gasteiger partial charge on any atom is -0.494 e. The van der Waals surface area contributed by atoms with Gasteiger partial charge in [-0.2, -0.15) is 0 Å². The van der Waals surface area contributed by atoms with E-state index in [1.807, 2.05) is 25.1 Å². The summed E-state index contributed by atoms with van der Waals surface area (Å²) in [6, 6.07) is 16.1. The average Bonchev–Trinajstić information content (AvgIpc) is 3.12. The van der Waals surface area contributed by atoms with E-state index in [0.29, 0.717) is 40.6 Å². The molecule has 0 bridgehead atoms. The number of hydrogen-bond acceptors (Lipinski definition) is 5. The normalized spacial score (nSPS) is 10.7. The van der Waals surface area contributed by atoms with Crippen molar-refractivity contribution in [2.75, 3.05) is 11.9 Å². The molecule has 0 aliphatic heterocycles. The minimum atomic E-state index is -0.216. The number of amides is 1. The minimum absolute atomic E-state index is 0.216. The Bertz CT molecular complexity index is 1090. The fourth-order valence-electron chi connectivity index (χ4n) is 2.71. The average molecular weight is 359 g/mol. The number of benzene rings is 2. The van der Waals surface area contributed by atoms with Crippen LogP contribution in [-0.4, -0.2) is 22.5 Å². The van der Waals surface area contributed by atoms with E-state index >= 15 is 0 Å². The van der Waals surface area contributed by atoms with Gasteiger partial charge < -0.3 is 14.5 Å². The molecule has 1 N–H and O–H groups in total. The van der Waals surface area contributed by atoms with E-state index in [2.05, 4.69) is 15.3 Å². The molecule has 6 heteroatoms. The molecule has 6 nitrogen and oxygen atoms in total. The lowest BCUT2D eigenvalue weighted by Gasteiger charge is -2.07. The number of fused-ring (bicyclic) bond motifs is 1. The van der Waals surface area contributed by atoms with Crippen molar-refractivity contribution in [1.82, 2.24) is 9.97 Å². The first-order chi connectivity index (χ1) is 13.2. The van der Waals surface area contributed by atoms with Crippen LogP contribution in [-0.2, 0) is 0 Å². The Balaban J connectivity index is 1.57. The van der Waals surface area contributed by atoms with Gasteiger partial charge in [-0.1, -0.05) is 6.07 Å². The van der Waals surface area contributed by atoms with E-state index in [-0.39, 0.29) is 5.91 Å². The van der Waals surface area contributed by atoms with Crippen LogP contribution in [0, 0.1) is 0 Å². The van der Waals surface area contributed by atoms with Gasteiger partial charge in [-0.15, -0.1) is 0 Å². The van der Waals surface area contributed by atoms with Crippen LogP contribution in [0.3, 0.4) is 0 Å². The predicted octanol–water partition coefficient (Wildman–Crippen LogP) is 4.54. The number of rotatable bonds is 5. The maximum Gasteiger partial charge on any atom is 0.255 e. The topological polar surface area (TPSA) is 77.2 Å². The van der Waals surface area contributed by atoms with Crippen molar-refractivity contribution in [3.8, 4) is 17.2 Å². The van der Waals surface area contributed by atoms with E-state index in [1.165, 1.54) is 0 Å². The fraction of sp³-hybridized carbons (Fsp3) is 0.0952. The Morgan fingerprint density at radius 2 is 2.07 bits per heavy atom. The van der Waals surface area contributed by atoms with Crippen molar-refractivity contribution >= 4 is 22.7 Å². The number of nitrogens with zero attached hydrogens (tertiary/aromatic N) is 2. The lowest BCUT2D eigenvalue weighted by Crippen LogP contribution is -2.11. The Kier molecular flexibility index (Phi) is 4.53. The molecule has 27 heavy (non-hydrogen) atoms. The lowest BCUT2D eigenvalue weighted by atomic mass is 10.2. The molecule has 0 radical (unpaired) electrons. The van der Waals surface area contributed by atoms with Gasteiger partial charge in [-0.05, 0) is 55.5 Å². The third kappa shape index (κ3) is 3.64. The Morgan fingerprint density at radius 1 is 1.15 bits per heavy atom. The summed E-state index contributed by atoms with van der Waals surface area (Å²) in [6.45, 7) is 2.45. The second kappa shape index (κ2) is 7.29. The number of hydrogen-bond donors (Lipinski definition) is 1. The predicted molar refractivity (Wildman–Crippen MR) is 103 cm³/mol. The molecule has 0 saturated heterocycles. The summed E-state index contributed by atoms with van der Waals surface area (Å²) in [7, 11) is 0. The highest BCUT2D eigenvalue weighted by molar-refractivity contribution is 6.05. The van der Waals surface area contributed by atoms with Gasteiger partial charge in [0, 0.05) is 23.6 Å². The molecule has 0 fully saturated rings. The molecule has 2 aromatic carbocycles. The van der Waals surface area contributed by atoms with Crippen LogP contribution in [0.25, 0.3) is 22.6 Å². The largest absolute Gasteiger partial charge is 0.494 e. The molecule has 4 rings (SSSR count). The molecule has 4 aromatic rings. The van der Waals surface area contributed by atoms with Gasteiger partial charge >= 0.3 is 0 Å². The Morgan fingerprint density at radius 3 is 2.89 bits per heavy atom. The van der Waals surface area contributed by atoms with Crippen LogP contribution in [0.2, 0.25) is 0 Å². The number of carbonyl (C=O) groups is 1. The molecule has 0 aliphatic rings. The van der Waals surface area contributed by atoms with E-state index in [9.17, 15) is 4.79 Å². The molecule has 134 valence electrons. The maximum atomic E-state index is 12.5. The van der Waals surface area contributed by atoms with Crippen LogP contribution >= 0.6 is 0 Å². The number of carbonyl (C=O) groups excluding carboxylic acids is 1. The van der Waals surface area contributed by atoms with Crippen LogP contribution in [0.5, 0.6) is 5.75 Å². The maximum absolute atomic E-state index is 12.5. The number of oxazole rings is 1. The zero-order chi connectivity index (χ0) is 18.6. The van der Waals surface area contributed by atoms with Crippen LogP contribution < -0.4 is 10.1 Å². The lowest BCUT2D eigenvalue weighted by molar-refractivity contribution is 0.102. The quantitative estimate of drug-likeness (QED) is 0.566. The molecule has 0 unspecified atom stereocenters. The molecule has 1 amide bonds. The second-order valence-electron chi connectivity index (χ2n) is 5.86. The van der Waals surface area contributed by atoms with E-state index in [4.69, 9.17) is 9.15 Å². The Labute approximate surface area is 155 Å². The second-order valence-corrected chi connectivity index (χ2v) is 5.86. The third-order valence-electron chi connectivity index (χ3n) is 3.96. The zero-order valence-corrected chi connectivity index (χ0v) is 14.7. The molecule has 0 spiro atoms. The molecule has 0 atom stereocenters. The van der Waals surface area contributed by atoms with E-state index in [0.717, 1.165) is 5.56 Å². The van der Waals surface area contributed by atoms with Gasteiger partial charge in [-0.3, -0.25) is 9.78 Å².